The van der Waals surface area contributed by atoms with Crippen LogP contribution in [0.2, 0.25) is 0 Å². The summed E-state index contributed by atoms with van der Waals surface area (Å²) in [6.07, 6.45) is 0. The van der Waals surface area contributed by atoms with E-state index in [0.29, 0.717) is 5.56 Å². The lowest BCUT2D eigenvalue weighted by Crippen LogP contribution is -2.29. The smallest absolute Gasteiger partial charge is 0.292 e. The second kappa shape index (κ2) is 8.08. The van der Waals surface area contributed by atoms with Crippen LogP contribution >= 0.6 is 0 Å². The minimum Gasteiger partial charge on any atom is -0.319 e. The number of anilines is 1. The number of hydrogen-bond acceptors (Lipinski definition) is 7. The van der Waals surface area contributed by atoms with Crippen molar-refractivity contribution in [3.8, 4) is 11.3 Å². The van der Waals surface area contributed by atoms with E-state index in [2.05, 4.69) is 10.4 Å². The van der Waals surface area contributed by atoms with Gasteiger partial charge in [0.25, 0.3) is 16.9 Å². The van der Waals surface area contributed by atoms with Crippen LogP contribution in [0.5, 0.6) is 0 Å². The van der Waals surface area contributed by atoms with Crippen molar-refractivity contribution in [1.82, 2.24) is 9.78 Å². The molecule has 2 aromatic carbocycles. The molecule has 0 spiro atoms. The second-order valence-corrected chi connectivity index (χ2v) is 5.84. The third-order valence-electron chi connectivity index (χ3n) is 3.89. The molecule has 146 valence electrons. The van der Waals surface area contributed by atoms with Crippen LogP contribution in [0.15, 0.2) is 65.5 Å². The number of nitro groups is 2. The molecule has 1 N–H and O–H groups in total. The summed E-state index contributed by atoms with van der Waals surface area (Å²) in [6.45, 7) is -0.492. The van der Waals surface area contributed by atoms with Crippen LogP contribution in [0.3, 0.4) is 0 Å². The average Bonchev–Trinajstić information content (AvgIpc) is 2.70. The van der Waals surface area contributed by atoms with Crippen LogP contribution in [0.25, 0.3) is 11.3 Å². The monoisotopic (exact) mass is 395 g/mol. The van der Waals surface area contributed by atoms with Gasteiger partial charge >= 0.3 is 0 Å². The molecule has 0 saturated heterocycles. The Balaban J connectivity index is 1.85. The Hall–Kier alpha value is -4.41. The van der Waals surface area contributed by atoms with Gasteiger partial charge in [0, 0.05) is 29.8 Å². The first-order valence-electron chi connectivity index (χ1n) is 8.21. The van der Waals surface area contributed by atoms with Crippen molar-refractivity contribution in [3.05, 3.63) is 91.2 Å². The maximum absolute atomic E-state index is 12.3. The topological polar surface area (TPSA) is 150 Å². The highest BCUT2D eigenvalue weighted by Gasteiger charge is 2.16. The Bertz CT molecular complexity index is 1170. The number of non-ortho nitro benzene ring substituents is 1. The number of carbonyl (C=O) groups is 1. The van der Waals surface area contributed by atoms with Gasteiger partial charge in [0.05, 0.1) is 15.5 Å². The fraction of sp³-hybridized carbons (Fsp3) is 0.0556. The van der Waals surface area contributed by atoms with Gasteiger partial charge in [-0.05, 0) is 12.1 Å². The van der Waals surface area contributed by atoms with Crippen molar-refractivity contribution in [1.29, 1.82) is 0 Å². The van der Waals surface area contributed by atoms with Gasteiger partial charge in [-0.1, -0.05) is 24.3 Å². The maximum Gasteiger partial charge on any atom is 0.292 e. The van der Waals surface area contributed by atoms with E-state index in [-0.39, 0.29) is 22.8 Å². The first kappa shape index (κ1) is 19.4. The molecule has 0 fully saturated rings. The van der Waals surface area contributed by atoms with Gasteiger partial charge < -0.3 is 5.32 Å². The van der Waals surface area contributed by atoms with Gasteiger partial charge in [-0.25, -0.2) is 4.68 Å². The number of amides is 1. The standard InChI is InChI=1S/C18H13N5O6/c24-17(19-15-6-1-2-7-16(15)23(28)29)11-21-18(25)9-8-14(20-21)12-4-3-5-13(10-12)22(26)27/h1-10H,11H2,(H,19,24). The third kappa shape index (κ3) is 4.47. The minimum absolute atomic E-state index is 0.00890. The zero-order valence-electron chi connectivity index (χ0n) is 14.7. The fourth-order valence-electron chi connectivity index (χ4n) is 2.56. The second-order valence-electron chi connectivity index (χ2n) is 5.84. The number of aromatic nitrogens is 2. The number of hydrogen-bond donors (Lipinski definition) is 1. The molecule has 0 atom stereocenters. The average molecular weight is 395 g/mol. The van der Waals surface area contributed by atoms with Crippen LogP contribution < -0.4 is 10.9 Å². The molecule has 0 aliphatic carbocycles. The summed E-state index contributed by atoms with van der Waals surface area (Å²) >= 11 is 0. The van der Waals surface area contributed by atoms with Crippen molar-refractivity contribution in [2.45, 2.75) is 6.54 Å². The highest BCUT2D eigenvalue weighted by molar-refractivity contribution is 5.92. The van der Waals surface area contributed by atoms with Crippen molar-refractivity contribution in [2.24, 2.45) is 0 Å². The highest BCUT2D eigenvalue weighted by Crippen LogP contribution is 2.23. The summed E-state index contributed by atoms with van der Waals surface area (Å²) in [5.41, 5.74) is -0.358. The molecule has 0 aliphatic heterocycles. The lowest BCUT2D eigenvalue weighted by Gasteiger charge is -2.08. The summed E-state index contributed by atoms with van der Waals surface area (Å²) in [5.74, 6) is -0.690. The first-order valence-corrected chi connectivity index (χ1v) is 8.21. The van der Waals surface area contributed by atoms with Gasteiger partial charge in [-0.15, -0.1) is 0 Å². The van der Waals surface area contributed by atoms with Crippen LogP contribution in [-0.4, -0.2) is 25.5 Å². The van der Waals surface area contributed by atoms with Gasteiger partial charge in [-0.3, -0.25) is 29.8 Å². The number of para-hydroxylation sites is 2. The molecule has 0 bridgehead atoms. The first-order chi connectivity index (χ1) is 13.8. The third-order valence-corrected chi connectivity index (χ3v) is 3.89. The predicted octanol–water partition coefficient (Wildman–Crippen LogP) is 2.37. The molecule has 0 aliphatic rings. The number of nitro benzene ring substituents is 2. The van der Waals surface area contributed by atoms with E-state index in [4.69, 9.17) is 0 Å². The van der Waals surface area contributed by atoms with Crippen LogP contribution in [0.4, 0.5) is 17.1 Å². The molecule has 1 heterocycles. The molecule has 0 saturated carbocycles. The number of nitrogens with zero attached hydrogens (tertiary/aromatic N) is 4. The number of rotatable bonds is 6. The van der Waals surface area contributed by atoms with E-state index in [1.807, 2.05) is 0 Å². The Morgan fingerprint density at radius 2 is 1.76 bits per heavy atom. The number of carbonyl (C=O) groups excluding carboxylic acids is 1. The van der Waals surface area contributed by atoms with Crippen molar-refractivity contribution < 1.29 is 14.6 Å². The molecule has 29 heavy (non-hydrogen) atoms. The van der Waals surface area contributed by atoms with E-state index < -0.39 is 27.9 Å². The molecule has 0 radical (unpaired) electrons. The molecule has 3 aromatic rings. The van der Waals surface area contributed by atoms with E-state index in [1.165, 1.54) is 54.6 Å². The van der Waals surface area contributed by atoms with Crippen LogP contribution in [-0.2, 0) is 11.3 Å². The summed E-state index contributed by atoms with van der Waals surface area (Å²) < 4.78 is 0.873. The van der Waals surface area contributed by atoms with Crippen LogP contribution in [0.1, 0.15) is 0 Å². The molecule has 1 aromatic heterocycles. The Labute approximate surface area is 162 Å². The zero-order valence-corrected chi connectivity index (χ0v) is 14.7. The lowest BCUT2D eigenvalue weighted by molar-refractivity contribution is -0.384. The largest absolute Gasteiger partial charge is 0.319 e. The summed E-state index contributed by atoms with van der Waals surface area (Å²) in [6, 6.07) is 13.8. The van der Waals surface area contributed by atoms with Gasteiger partial charge in [0.2, 0.25) is 5.91 Å². The Morgan fingerprint density at radius 3 is 2.48 bits per heavy atom. The Morgan fingerprint density at radius 1 is 1.00 bits per heavy atom. The molecular formula is C18H13N5O6. The maximum atomic E-state index is 12.3. The van der Waals surface area contributed by atoms with Crippen molar-refractivity contribution in [3.63, 3.8) is 0 Å². The zero-order chi connectivity index (χ0) is 21.0. The highest BCUT2D eigenvalue weighted by atomic mass is 16.6. The summed E-state index contributed by atoms with van der Waals surface area (Å²) in [4.78, 5) is 45.1. The summed E-state index contributed by atoms with van der Waals surface area (Å²) in [5, 5.41) is 28.4. The normalized spacial score (nSPS) is 10.3. The Kier molecular flexibility index (Phi) is 5.39. The SMILES string of the molecule is O=C(Cn1nc(-c2cccc([N+](=O)[O-])c2)ccc1=O)Nc1ccccc1[N+](=O)[O-]. The quantitative estimate of drug-likeness (QED) is 0.497. The number of benzene rings is 2. The number of nitrogens with one attached hydrogen (secondary N) is 1. The van der Waals surface area contributed by atoms with Gasteiger partial charge in [0.15, 0.2) is 0 Å². The van der Waals surface area contributed by atoms with Gasteiger partial charge in [0.1, 0.15) is 12.2 Å². The van der Waals surface area contributed by atoms with E-state index >= 15 is 0 Å². The molecule has 1 amide bonds. The minimum atomic E-state index is -0.690. The lowest BCUT2D eigenvalue weighted by atomic mass is 10.1. The fourth-order valence-corrected chi connectivity index (χ4v) is 2.56. The molecule has 3 rings (SSSR count). The molecule has 0 unspecified atom stereocenters. The van der Waals surface area contributed by atoms with Crippen LogP contribution in [0, 0.1) is 20.2 Å². The molecular weight excluding hydrogens is 382 g/mol. The predicted molar refractivity (Wildman–Crippen MR) is 102 cm³/mol. The van der Waals surface area contributed by atoms with Gasteiger partial charge in [-0.2, -0.15) is 5.10 Å². The van der Waals surface area contributed by atoms with E-state index in [0.717, 1.165) is 4.68 Å². The molecule has 11 heteroatoms. The van der Waals surface area contributed by atoms with Crippen molar-refractivity contribution in [2.75, 3.05) is 5.32 Å². The van der Waals surface area contributed by atoms with E-state index in [9.17, 15) is 29.8 Å². The van der Waals surface area contributed by atoms with Crippen molar-refractivity contribution >= 4 is 23.0 Å². The molecule has 11 nitrogen and oxygen atoms in total. The summed E-state index contributed by atoms with van der Waals surface area (Å²) in [7, 11) is 0. The van der Waals surface area contributed by atoms with E-state index in [1.54, 1.807) is 6.07 Å².